The predicted molar refractivity (Wildman–Crippen MR) is 99.9 cm³/mol. The van der Waals surface area contributed by atoms with Crippen LogP contribution in [0.15, 0.2) is 91.0 Å². The van der Waals surface area contributed by atoms with E-state index in [0.29, 0.717) is 12.5 Å². The lowest BCUT2D eigenvalue weighted by Gasteiger charge is -2.38. The molecule has 122 valence electrons. The first-order valence-corrected chi connectivity index (χ1v) is 8.67. The molecule has 1 fully saturated rings. The van der Waals surface area contributed by atoms with Gasteiger partial charge in [0.25, 0.3) is 0 Å². The molecule has 3 aromatic carbocycles. The normalized spacial score (nSPS) is 19.2. The van der Waals surface area contributed by atoms with Gasteiger partial charge in [0.05, 0.1) is 18.0 Å². The average molecular weight is 324 g/mol. The molecule has 0 radical (unpaired) electrons. The van der Waals surface area contributed by atoms with Crippen molar-refractivity contribution in [2.45, 2.75) is 18.0 Å². The van der Waals surface area contributed by atoms with E-state index in [4.69, 9.17) is 0 Å². The number of benzene rings is 3. The topological polar surface area (TPSA) is 26.8 Å². The van der Waals surface area contributed by atoms with Crippen LogP contribution in [0.3, 0.4) is 0 Å². The van der Waals surface area contributed by atoms with Crippen LogP contribution in [-0.4, -0.2) is 17.5 Å². The highest BCUT2D eigenvalue weighted by Gasteiger charge is 2.52. The fourth-order valence-corrected chi connectivity index (χ4v) is 3.91. The highest BCUT2D eigenvalue weighted by Crippen LogP contribution is 2.48. The van der Waals surface area contributed by atoms with Gasteiger partial charge in [-0.05, 0) is 16.7 Å². The summed E-state index contributed by atoms with van der Waals surface area (Å²) in [5.41, 5.74) is 3.37. The van der Waals surface area contributed by atoms with Gasteiger partial charge in [-0.1, -0.05) is 91.0 Å². The maximum atomic E-state index is 9.20. The molecule has 1 heterocycles. The van der Waals surface area contributed by atoms with Gasteiger partial charge in [-0.3, -0.25) is 4.90 Å². The second kappa shape index (κ2) is 6.55. The fraction of sp³-hybridized carbons (Fsp3) is 0.174. The van der Waals surface area contributed by atoms with Crippen LogP contribution in [0.2, 0.25) is 0 Å². The molecule has 1 aliphatic heterocycles. The maximum Gasteiger partial charge on any atom is 0.0976 e. The summed E-state index contributed by atoms with van der Waals surface area (Å²) >= 11 is 0. The lowest BCUT2D eigenvalue weighted by molar-refractivity contribution is 0.322. The molecule has 25 heavy (non-hydrogen) atoms. The quantitative estimate of drug-likeness (QED) is 0.507. The van der Waals surface area contributed by atoms with Gasteiger partial charge in [0.1, 0.15) is 0 Å². The number of rotatable bonds is 5. The van der Waals surface area contributed by atoms with E-state index in [2.05, 4.69) is 102 Å². The Morgan fingerprint density at radius 3 is 1.52 bits per heavy atom. The Morgan fingerprint density at radius 2 is 1.16 bits per heavy atom. The van der Waals surface area contributed by atoms with Crippen molar-refractivity contribution in [1.29, 1.82) is 5.26 Å². The summed E-state index contributed by atoms with van der Waals surface area (Å²) < 4.78 is 0. The molecule has 3 aromatic rings. The highest BCUT2D eigenvalue weighted by atomic mass is 15.4. The third-order valence-electron chi connectivity index (χ3n) is 5.05. The van der Waals surface area contributed by atoms with E-state index in [1.807, 2.05) is 0 Å². The highest BCUT2D eigenvalue weighted by molar-refractivity contribution is 5.51. The summed E-state index contributed by atoms with van der Waals surface area (Å²) in [7, 11) is 0. The van der Waals surface area contributed by atoms with E-state index in [-0.39, 0.29) is 5.54 Å². The molecule has 1 unspecified atom stereocenters. The summed E-state index contributed by atoms with van der Waals surface area (Å²) in [5, 5.41) is 9.20. The van der Waals surface area contributed by atoms with Gasteiger partial charge in [0, 0.05) is 12.6 Å². The van der Waals surface area contributed by atoms with Gasteiger partial charge >= 0.3 is 0 Å². The largest absolute Gasteiger partial charge is 0.279 e. The van der Waals surface area contributed by atoms with E-state index < -0.39 is 0 Å². The van der Waals surface area contributed by atoms with E-state index in [1.54, 1.807) is 0 Å². The van der Waals surface area contributed by atoms with Crippen molar-refractivity contribution in [2.24, 2.45) is 0 Å². The van der Waals surface area contributed by atoms with Crippen LogP contribution in [0.4, 0.5) is 0 Å². The predicted octanol–water partition coefficient (Wildman–Crippen LogP) is 4.58. The van der Waals surface area contributed by atoms with Crippen molar-refractivity contribution in [3.05, 3.63) is 108 Å². The van der Waals surface area contributed by atoms with Crippen LogP contribution in [-0.2, 0) is 5.54 Å². The molecule has 0 spiro atoms. The van der Waals surface area contributed by atoms with Gasteiger partial charge in [0.2, 0.25) is 0 Å². The Bertz CT molecular complexity index is 770. The molecule has 0 N–H and O–H groups in total. The van der Waals surface area contributed by atoms with Crippen LogP contribution >= 0.6 is 0 Å². The van der Waals surface area contributed by atoms with Crippen LogP contribution < -0.4 is 0 Å². The lowest BCUT2D eigenvalue weighted by atomic mass is 9.76. The van der Waals surface area contributed by atoms with Crippen molar-refractivity contribution in [1.82, 2.24) is 4.90 Å². The van der Waals surface area contributed by atoms with Crippen LogP contribution in [0.1, 0.15) is 23.1 Å². The first-order valence-electron chi connectivity index (χ1n) is 8.67. The molecule has 4 rings (SSSR count). The fourth-order valence-electron chi connectivity index (χ4n) is 3.91. The molecule has 0 amide bonds. The molecule has 0 aromatic heterocycles. The molecule has 0 aliphatic carbocycles. The Labute approximate surface area is 149 Å². The van der Waals surface area contributed by atoms with Gasteiger partial charge in [-0.15, -0.1) is 0 Å². The molecule has 2 atom stereocenters. The Balaban J connectivity index is 1.98. The average Bonchev–Trinajstić information content (AvgIpc) is 3.45. The van der Waals surface area contributed by atoms with Crippen LogP contribution in [0, 0.1) is 11.3 Å². The SMILES string of the molecule is N#CC[C@H]1CN1C(c1ccccc1)(c1ccccc1)c1ccccc1. The van der Waals surface area contributed by atoms with Gasteiger partial charge < -0.3 is 0 Å². The summed E-state index contributed by atoms with van der Waals surface area (Å²) in [4.78, 5) is 2.45. The standard InChI is InChI=1S/C23H20N2/c24-17-16-22-18-25(22)23(19-10-4-1-5-11-19,20-12-6-2-7-13-20)21-14-8-3-9-15-21/h1-15,22H,16,18H2/t22-,25?/m0/s1. The second-order valence-electron chi connectivity index (χ2n) is 6.48. The van der Waals surface area contributed by atoms with Crippen LogP contribution in [0.5, 0.6) is 0 Å². The first kappa shape index (κ1) is 15.6. The minimum atomic E-state index is -0.356. The molecular weight excluding hydrogens is 304 g/mol. The van der Waals surface area contributed by atoms with Crippen molar-refractivity contribution < 1.29 is 0 Å². The number of nitriles is 1. The van der Waals surface area contributed by atoms with Gasteiger partial charge in [-0.25, -0.2) is 0 Å². The van der Waals surface area contributed by atoms with Crippen molar-refractivity contribution >= 4 is 0 Å². The molecule has 0 bridgehead atoms. The smallest absolute Gasteiger partial charge is 0.0976 e. The molecular formula is C23H20N2. The third kappa shape index (κ3) is 2.63. The zero-order valence-electron chi connectivity index (χ0n) is 14.0. The molecule has 2 nitrogen and oxygen atoms in total. The molecule has 1 aliphatic rings. The van der Waals surface area contributed by atoms with E-state index in [0.717, 1.165) is 6.54 Å². The maximum absolute atomic E-state index is 9.20. The molecule has 2 heteroatoms. The zero-order valence-corrected chi connectivity index (χ0v) is 14.0. The van der Waals surface area contributed by atoms with Crippen LogP contribution in [0.25, 0.3) is 0 Å². The second-order valence-corrected chi connectivity index (χ2v) is 6.48. The molecule has 1 saturated heterocycles. The number of hydrogen-bond donors (Lipinski definition) is 0. The number of nitrogens with zero attached hydrogens (tertiary/aromatic N) is 2. The Kier molecular flexibility index (Phi) is 4.09. The monoisotopic (exact) mass is 324 g/mol. The lowest BCUT2D eigenvalue weighted by Crippen LogP contribution is -2.39. The summed E-state index contributed by atoms with van der Waals surface area (Å²) in [6, 6.07) is 34.6. The van der Waals surface area contributed by atoms with Crippen molar-refractivity contribution in [3.63, 3.8) is 0 Å². The van der Waals surface area contributed by atoms with Gasteiger partial charge in [-0.2, -0.15) is 5.26 Å². The number of hydrogen-bond acceptors (Lipinski definition) is 2. The van der Waals surface area contributed by atoms with E-state index in [9.17, 15) is 5.26 Å². The first-order chi connectivity index (χ1) is 12.4. The Morgan fingerprint density at radius 1 is 0.760 bits per heavy atom. The van der Waals surface area contributed by atoms with E-state index >= 15 is 0 Å². The Hall–Kier alpha value is -2.89. The minimum Gasteiger partial charge on any atom is -0.279 e. The summed E-state index contributed by atoms with van der Waals surface area (Å²) in [5.74, 6) is 0. The third-order valence-corrected chi connectivity index (χ3v) is 5.05. The van der Waals surface area contributed by atoms with E-state index in [1.165, 1.54) is 16.7 Å². The van der Waals surface area contributed by atoms with Crippen molar-refractivity contribution in [2.75, 3.05) is 6.54 Å². The summed E-state index contributed by atoms with van der Waals surface area (Å²) in [6.07, 6.45) is 0.564. The zero-order chi connectivity index (χ0) is 17.1. The molecule has 0 saturated carbocycles. The summed E-state index contributed by atoms with van der Waals surface area (Å²) in [6.45, 7) is 0.937. The van der Waals surface area contributed by atoms with Crippen molar-refractivity contribution in [3.8, 4) is 6.07 Å². The minimum absolute atomic E-state index is 0.297. The van der Waals surface area contributed by atoms with Gasteiger partial charge in [0.15, 0.2) is 0 Å².